The molecular weight excluding hydrogens is 326 g/mol. The number of aromatic nitrogens is 4. The molecule has 24 heavy (non-hydrogen) atoms. The zero-order chi connectivity index (χ0) is 17.1. The summed E-state index contributed by atoms with van der Waals surface area (Å²) in [5.41, 5.74) is 1.07. The van der Waals surface area contributed by atoms with Crippen LogP contribution >= 0.6 is 11.6 Å². The first kappa shape index (κ1) is 16.7. The van der Waals surface area contributed by atoms with Gasteiger partial charge in [-0.3, -0.25) is 0 Å². The van der Waals surface area contributed by atoms with Crippen LogP contribution in [-0.4, -0.2) is 53.4 Å². The van der Waals surface area contributed by atoms with Crippen LogP contribution in [0.2, 0.25) is 5.15 Å². The first-order valence-corrected chi connectivity index (χ1v) is 8.42. The number of nitrogens with zero attached hydrogens (tertiary/aromatic N) is 6. The summed E-state index contributed by atoms with van der Waals surface area (Å²) in [6.45, 7) is 3.85. The highest BCUT2D eigenvalue weighted by molar-refractivity contribution is 6.29. The average molecular weight is 348 g/mol. The molecule has 0 amide bonds. The van der Waals surface area contributed by atoms with Crippen molar-refractivity contribution < 1.29 is 0 Å². The van der Waals surface area contributed by atoms with E-state index >= 15 is 0 Å². The van der Waals surface area contributed by atoms with Gasteiger partial charge in [-0.2, -0.15) is 4.98 Å². The van der Waals surface area contributed by atoms with Gasteiger partial charge in [0.25, 0.3) is 0 Å². The Morgan fingerprint density at radius 2 is 1.96 bits per heavy atom. The van der Waals surface area contributed by atoms with E-state index in [0.717, 1.165) is 43.1 Å². The second-order valence-electron chi connectivity index (χ2n) is 6.21. The summed E-state index contributed by atoms with van der Waals surface area (Å²) in [6.07, 6.45) is 3.86. The molecule has 3 heterocycles. The van der Waals surface area contributed by atoms with Crippen molar-refractivity contribution >= 4 is 29.2 Å². The molecule has 0 bridgehead atoms. The lowest BCUT2D eigenvalue weighted by molar-refractivity contribution is 0.519. The van der Waals surface area contributed by atoms with Gasteiger partial charge in [0.05, 0.1) is 0 Å². The third kappa shape index (κ3) is 3.84. The van der Waals surface area contributed by atoms with Gasteiger partial charge in [0, 0.05) is 45.0 Å². The van der Waals surface area contributed by atoms with Gasteiger partial charge in [-0.25, -0.2) is 4.98 Å². The summed E-state index contributed by atoms with van der Waals surface area (Å²) in [4.78, 5) is 13.2. The highest BCUT2D eigenvalue weighted by atomic mass is 35.5. The molecule has 1 N–H and O–H groups in total. The van der Waals surface area contributed by atoms with E-state index in [4.69, 9.17) is 11.6 Å². The fraction of sp³-hybridized carbons (Fsp3) is 0.500. The summed E-state index contributed by atoms with van der Waals surface area (Å²) >= 11 is 5.79. The Kier molecular flexibility index (Phi) is 4.99. The Labute approximate surface area is 147 Å². The second-order valence-corrected chi connectivity index (χ2v) is 6.60. The maximum atomic E-state index is 5.79. The Morgan fingerprint density at radius 1 is 1.21 bits per heavy atom. The minimum absolute atomic E-state index is 0.360. The molecule has 1 aliphatic rings. The SMILES string of the molecule is Cc1cnc(NC2CCN(c3ccc(Cl)nn3)CC2)nc1N(C)C. The van der Waals surface area contributed by atoms with Crippen molar-refractivity contribution in [1.29, 1.82) is 0 Å². The van der Waals surface area contributed by atoms with Crippen molar-refractivity contribution in [2.45, 2.75) is 25.8 Å². The highest BCUT2D eigenvalue weighted by Gasteiger charge is 2.21. The number of halogens is 1. The van der Waals surface area contributed by atoms with Crippen LogP contribution in [0.3, 0.4) is 0 Å². The summed E-state index contributed by atoms with van der Waals surface area (Å²) in [6, 6.07) is 4.05. The molecule has 1 aliphatic heterocycles. The molecule has 2 aromatic rings. The molecule has 0 aromatic carbocycles. The Balaban J connectivity index is 1.59. The molecule has 0 aliphatic carbocycles. The van der Waals surface area contributed by atoms with Crippen molar-refractivity contribution in [1.82, 2.24) is 20.2 Å². The first-order chi connectivity index (χ1) is 11.5. The number of nitrogens with one attached hydrogen (secondary N) is 1. The van der Waals surface area contributed by atoms with Crippen molar-refractivity contribution in [3.8, 4) is 0 Å². The zero-order valence-corrected chi connectivity index (χ0v) is 15.0. The molecule has 7 nitrogen and oxygen atoms in total. The molecule has 0 saturated carbocycles. The lowest BCUT2D eigenvalue weighted by Crippen LogP contribution is -2.40. The normalized spacial score (nSPS) is 15.4. The summed E-state index contributed by atoms with van der Waals surface area (Å²) < 4.78 is 0. The fourth-order valence-corrected chi connectivity index (χ4v) is 2.97. The van der Waals surface area contributed by atoms with E-state index in [1.165, 1.54) is 0 Å². The van der Waals surface area contributed by atoms with Gasteiger partial charge < -0.3 is 15.1 Å². The van der Waals surface area contributed by atoms with E-state index in [2.05, 4.69) is 30.4 Å². The minimum Gasteiger partial charge on any atom is -0.362 e. The molecule has 0 spiro atoms. The summed E-state index contributed by atoms with van der Waals surface area (Å²) in [5.74, 6) is 2.51. The quantitative estimate of drug-likeness (QED) is 0.910. The van der Waals surface area contributed by atoms with E-state index in [-0.39, 0.29) is 0 Å². The van der Waals surface area contributed by atoms with Crippen molar-refractivity contribution in [3.05, 3.63) is 29.0 Å². The first-order valence-electron chi connectivity index (χ1n) is 8.04. The van der Waals surface area contributed by atoms with E-state index < -0.39 is 0 Å². The molecule has 3 rings (SSSR count). The third-order valence-electron chi connectivity index (χ3n) is 4.14. The molecule has 0 atom stereocenters. The van der Waals surface area contributed by atoms with Crippen molar-refractivity contribution in [2.75, 3.05) is 42.3 Å². The van der Waals surface area contributed by atoms with Gasteiger partial charge in [0.1, 0.15) is 5.82 Å². The lowest BCUT2D eigenvalue weighted by Gasteiger charge is -2.33. The Morgan fingerprint density at radius 3 is 2.58 bits per heavy atom. The van der Waals surface area contributed by atoms with Crippen molar-refractivity contribution in [2.24, 2.45) is 0 Å². The number of aryl methyl sites for hydroxylation is 1. The Hall–Kier alpha value is -2.15. The molecule has 1 fully saturated rings. The van der Waals surface area contributed by atoms with Gasteiger partial charge in [0.15, 0.2) is 11.0 Å². The van der Waals surface area contributed by atoms with Crippen molar-refractivity contribution in [3.63, 3.8) is 0 Å². The smallest absolute Gasteiger partial charge is 0.224 e. The molecule has 1 saturated heterocycles. The average Bonchev–Trinajstić information content (AvgIpc) is 2.58. The predicted octanol–water partition coefficient (Wildman–Crippen LogP) is 2.38. The molecule has 128 valence electrons. The minimum atomic E-state index is 0.360. The van der Waals surface area contributed by atoms with Crippen LogP contribution in [-0.2, 0) is 0 Å². The van der Waals surface area contributed by atoms with Crippen LogP contribution in [0, 0.1) is 6.92 Å². The highest BCUT2D eigenvalue weighted by Crippen LogP contribution is 2.21. The van der Waals surface area contributed by atoms with Crippen LogP contribution in [0.4, 0.5) is 17.6 Å². The van der Waals surface area contributed by atoms with Gasteiger partial charge in [-0.1, -0.05) is 11.6 Å². The lowest BCUT2D eigenvalue weighted by atomic mass is 10.1. The molecule has 2 aromatic heterocycles. The maximum Gasteiger partial charge on any atom is 0.224 e. The molecule has 0 unspecified atom stereocenters. The van der Waals surface area contributed by atoms with Gasteiger partial charge >= 0.3 is 0 Å². The number of anilines is 3. The van der Waals surface area contributed by atoms with Gasteiger partial charge in [-0.05, 0) is 31.9 Å². The molecule has 8 heteroatoms. The third-order valence-corrected chi connectivity index (χ3v) is 4.34. The Bertz CT molecular complexity index is 681. The number of piperidine rings is 1. The van der Waals surface area contributed by atoms with Gasteiger partial charge in [0.2, 0.25) is 5.95 Å². The number of hydrogen-bond acceptors (Lipinski definition) is 7. The maximum absolute atomic E-state index is 5.79. The topological polar surface area (TPSA) is 70.1 Å². The number of rotatable bonds is 4. The number of hydrogen-bond donors (Lipinski definition) is 1. The van der Waals surface area contributed by atoms with E-state index in [1.54, 1.807) is 6.07 Å². The largest absolute Gasteiger partial charge is 0.362 e. The predicted molar refractivity (Wildman–Crippen MR) is 97.0 cm³/mol. The van der Waals surface area contributed by atoms with Crippen LogP contribution in [0.25, 0.3) is 0 Å². The van der Waals surface area contributed by atoms with Crippen LogP contribution in [0.1, 0.15) is 18.4 Å². The zero-order valence-electron chi connectivity index (χ0n) is 14.2. The monoisotopic (exact) mass is 347 g/mol. The fourth-order valence-electron chi connectivity index (χ4n) is 2.87. The van der Waals surface area contributed by atoms with E-state index in [1.807, 2.05) is 38.2 Å². The molecular formula is C16H22ClN7. The van der Waals surface area contributed by atoms with Gasteiger partial charge in [-0.15, -0.1) is 10.2 Å². The summed E-state index contributed by atoms with van der Waals surface area (Å²) in [5, 5.41) is 11.9. The van der Waals surface area contributed by atoms with E-state index in [0.29, 0.717) is 17.1 Å². The van der Waals surface area contributed by atoms with Crippen LogP contribution in [0.15, 0.2) is 18.3 Å². The van der Waals surface area contributed by atoms with Crippen LogP contribution in [0.5, 0.6) is 0 Å². The second kappa shape index (κ2) is 7.17. The summed E-state index contributed by atoms with van der Waals surface area (Å²) in [7, 11) is 3.98. The standard InChI is InChI=1S/C16H22ClN7/c1-11-10-18-16(20-15(11)23(2)3)19-12-6-8-24(9-7-12)14-5-4-13(17)21-22-14/h4-5,10,12H,6-9H2,1-3H3,(H,18,19,20). The van der Waals surface area contributed by atoms with Crippen LogP contribution < -0.4 is 15.1 Å². The van der Waals surface area contributed by atoms with E-state index in [9.17, 15) is 0 Å². The molecule has 0 radical (unpaired) electrons.